The highest BCUT2D eigenvalue weighted by Gasteiger charge is 2.13. The molecule has 2 aromatic heterocycles. The van der Waals surface area contributed by atoms with Gasteiger partial charge in [-0.1, -0.05) is 24.3 Å². The molecule has 0 bridgehead atoms. The SMILES string of the molecule is C[C@H](NC(=O)CCn1c(=O)oc2ccccc21)c1ccc(-n2ccnc2)cc1. The van der Waals surface area contributed by atoms with Crippen LogP contribution in [0.5, 0.6) is 0 Å². The molecule has 4 aromatic rings. The number of benzene rings is 2. The van der Waals surface area contributed by atoms with Crippen molar-refractivity contribution in [1.82, 2.24) is 19.4 Å². The molecule has 4 rings (SSSR count). The molecule has 1 atom stereocenters. The van der Waals surface area contributed by atoms with Gasteiger partial charge >= 0.3 is 5.76 Å². The van der Waals surface area contributed by atoms with Crippen molar-refractivity contribution in [2.24, 2.45) is 0 Å². The molecule has 142 valence electrons. The highest BCUT2D eigenvalue weighted by Crippen LogP contribution is 2.16. The van der Waals surface area contributed by atoms with E-state index in [0.717, 1.165) is 11.3 Å². The normalized spacial score (nSPS) is 12.2. The Kier molecular flexibility index (Phi) is 4.80. The van der Waals surface area contributed by atoms with Crippen molar-refractivity contribution in [3.05, 3.63) is 83.4 Å². The summed E-state index contributed by atoms with van der Waals surface area (Å²) in [5.74, 6) is -0.569. The fourth-order valence-corrected chi connectivity index (χ4v) is 3.18. The maximum Gasteiger partial charge on any atom is 0.419 e. The first-order valence-corrected chi connectivity index (χ1v) is 9.08. The lowest BCUT2D eigenvalue weighted by Gasteiger charge is -2.15. The average molecular weight is 376 g/mol. The second-order valence-electron chi connectivity index (χ2n) is 6.59. The molecule has 1 amide bonds. The molecule has 7 heteroatoms. The number of oxazole rings is 1. The first kappa shape index (κ1) is 17.8. The second kappa shape index (κ2) is 7.56. The maximum atomic E-state index is 12.4. The second-order valence-corrected chi connectivity index (χ2v) is 6.59. The van der Waals surface area contributed by atoms with Crippen molar-refractivity contribution < 1.29 is 9.21 Å². The predicted octanol–water partition coefficient (Wildman–Crippen LogP) is 3.05. The van der Waals surface area contributed by atoms with E-state index in [4.69, 9.17) is 4.42 Å². The van der Waals surface area contributed by atoms with Gasteiger partial charge in [-0.15, -0.1) is 0 Å². The molecule has 2 heterocycles. The van der Waals surface area contributed by atoms with Gasteiger partial charge in [0.05, 0.1) is 17.9 Å². The van der Waals surface area contributed by atoms with Gasteiger partial charge in [0.1, 0.15) is 0 Å². The summed E-state index contributed by atoms with van der Waals surface area (Å²) in [5, 5.41) is 2.98. The number of hydrogen-bond acceptors (Lipinski definition) is 4. The number of nitrogens with zero attached hydrogens (tertiary/aromatic N) is 3. The van der Waals surface area contributed by atoms with Gasteiger partial charge in [-0.05, 0) is 36.8 Å². The summed E-state index contributed by atoms with van der Waals surface area (Å²) < 4.78 is 8.60. The third-order valence-electron chi connectivity index (χ3n) is 4.71. The molecule has 0 spiro atoms. The molecular formula is C21H20N4O3. The number of para-hydroxylation sites is 2. The van der Waals surface area contributed by atoms with Gasteiger partial charge < -0.3 is 14.3 Å². The fraction of sp³-hybridized carbons (Fsp3) is 0.190. The van der Waals surface area contributed by atoms with Crippen molar-refractivity contribution in [3.63, 3.8) is 0 Å². The van der Waals surface area contributed by atoms with Gasteiger partial charge in [-0.3, -0.25) is 9.36 Å². The number of fused-ring (bicyclic) bond motifs is 1. The third-order valence-corrected chi connectivity index (χ3v) is 4.71. The number of amides is 1. The molecule has 0 saturated carbocycles. The molecule has 0 saturated heterocycles. The zero-order valence-corrected chi connectivity index (χ0v) is 15.4. The number of carbonyl (C=O) groups is 1. The largest absolute Gasteiger partial charge is 0.419 e. The van der Waals surface area contributed by atoms with Gasteiger partial charge in [0, 0.05) is 31.0 Å². The van der Waals surface area contributed by atoms with E-state index in [1.165, 1.54) is 4.57 Å². The monoisotopic (exact) mass is 376 g/mol. The third kappa shape index (κ3) is 3.59. The summed E-state index contributed by atoms with van der Waals surface area (Å²) in [5.41, 5.74) is 3.23. The van der Waals surface area contributed by atoms with Crippen LogP contribution < -0.4 is 11.1 Å². The van der Waals surface area contributed by atoms with Crippen molar-refractivity contribution in [1.29, 1.82) is 0 Å². The first-order chi connectivity index (χ1) is 13.6. The van der Waals surface area contributed by atoms with Crippen molar-refractivity contribution in [2.45, 2.75) is 25.9 Å². The van der Waals surface area contributed by atoms with Crippen LogP contribution in [0.1, 0.15) is 24.9 Å². The molecule has 0 aliphatic carbocycles. The summed E-state index contributed by atoms with van der Waals surface area (Å²) in [6.45, 7) is 2.21. The van der Waals surface area contributed by atoms with Crippen molar-refractivity contribution >= 4 is 17.0 Å². The molecule has 0 unspecified atom stereocenters. The molecule has 7 nitrogen and oxygen atoms in total. The van der Waals surface area contributed by atoms with E-state index in [-0.39, 0.29) is 24.9 Å². The van der Waals surface area contributed by atoms with E-state index in [9.17, 15) is 9.59 Å². The molecule has 2 aromatic carbocycles. The summed E-state index contributed by atoms with van der Waals surface area (Å²) in [6.07, 6.45) is 5.54. The van der Waals surface area contributed by atoms with Crippen LogP contribution in [-0.4, -0.2) is 20.0 Å². The number of nitrogens with one attached hydrogen (secondary N) is 1. The Morgan fingerprint density at radius 1 is 1.18 bits per heavy atom. The lowest BCUT2D eigenvalue weighted by atomic mass is 10.1. The Bertz CT molecular complexity index is 1140. The number of rotatable bonds is 6. The van der Waals surface area contributed by atoms with Gasteiger partial charge in [-0.2, -0.15) is 0 Å². The molecule has 0 fully saturated rings. The van der Waals surface area contributed by atoms with Gasteiger partial charge in [-0.25, -0.2) is 9.78 Å². The van der Waals surface area contributed by atoms with Crippen LogP contribution in [0.4, 0.5) is 0 Å². The Morgan fingerprint density at radius 3 is 2.71 bits per heavy atom. The number of hydrogen-bond donors (Lipinski definition) is 1. The lowest BCUT2D eigenvalue weighted by molar-refractivity contribution is -0.121. The standard InChI is InChI=1S/C21H20N4O3/c1-15(16-6-8-17(9-7-16)24-13-11-22-14-24)23-20(26)10-12-25-18-4-2-3-5-19(18)28-21(25)27/h2-9,11,13-15H,10,12H2,1H3,(H,23,26)/t15-/m0/s1. The van der Waals surface area contributed by atoms with Crippen LogP contribution in [0, 0.1) is 0 Å². The molecule has 28 heavy (non-hydrogen) atoms. The van der Waals surface area contributed by atoms with Crippen LogP contribution in [0.15, 0.2) is 76.5 Å². The van der Waals surface area contributed by atoms with Crippen molar-refractivity contribution in [3.8, 4) is 5.69 Å². The van der Waals surface area contributed by atoms with E-state index in [2.05, 4.69) is 10.3 Å². The average Bonchev–Trinajstić information content (AvgIpc) is 3.34. The number of aryl methyl sites for hydroxylation is 1. The lowest BCUT2D eigenvalue weighted by Crippen LogP contribution is -2.28. The molecular weight excluding hydrogens is 356 g/mol. The topological polar surface area (TPSA) is 82.1 Å². The van der Waals surface area contributed by atoms with Crippen molar-refractivity contribution in [2.75, 3.05) is 0 Å². The summed E-state index contributed by atoms with van der Waals surface area (Å²) >= 11 is 0. The minimum atomic E-state index is -0.447. The van der Waals surface area contributed by atoms with Crippen LogP contribution in [-0.2, 0) is 11.3 Å². The Labute approximate surface area is 161 Å². The fourth-order valence-electron chi connectivity index (χ4n) is 3.18. The van der Waals surface area contributed by atoms with E-state index in [1.54, 1.807) is 18.6 Å². The Hall–Kier alpha value is -3.61. The minimum Gasteiger partial charge on any atom is -0.408 e. The minimum absolute atomic E-state index is 0.122. The van der Waals surface area contributed by atoms with E-state index < -0.39 is 5.76 Å². The zero-order chi connectivity index (χ0) is 19.5. The predicted molar refractivity (Wildman–Crippen MR) is 105 cm³/mol. The molecule has 0 aliphatic heterocycles. The van der Waals surface area contributed by atoms with E-state index >= 15 is 0 Å². The van der Waals surface area contributed by atoms with Gasteiger partial charge in [0.25, 0.3) is 0 Å². The Morgan fingerprint density at radius 2 is 1.96 bits per heavy atom. The number of aromatic nitrogens is 3. The zero-order valence-electron chi connectivity index (χ0n) is 15.4. The van der Waals surface area contributed by atoms with E-state index in [1.807, 2.05) is 60.2 Å². The van der Waals surface area contributed by atoms with Crippen LogP contribution in [0.3, 0.4) is 0 Å². The molecule has 0 aliphatic rings. The molecule has 0 radical (unpaired) electrons. The van der Waals surface area contributed by atoms with Crippen LogP contribution >= 0.6 is 0 Å². The van der Waals surface area contributed by atoms with Crippen LogP contribution in [0.2, 0.25) is 0 Å². The highest BCUT2D eigenvalue weighted by atomic mass is 16.4. The van der Waals surface area contributed by atoms with E-state index in [0.29, 0.717) is 11.1 Å². The summed E-state index contributed by atoms with van der Waals surface area (Å²) in [7, 11) is 0. The quantitative estimate of drug-likeness (QED) is 0.561. The first-order valence-electron chi connectivity index (χ1n) is 9.08. The maximum absolute atomic E-state index is 12.4. The summed E-state index contributed by atoms with van der Waals surface area (Å²) in [4.78, 5) is 28.4. The van der Waals surface area contributed by atoms with Gasteiger partial charge in [0.15, 0.2) is 5.58 Å². The number of imidazole rings is 1. The summed E-state index contributed by atoms with van der Waals surface area (Å²) in [6, 6.07) is 15.0. The van der Waals surface area contributed by atoms with Gasteiger partial charge in [0.2, 0.25) is 5.91 Å². The number of carbonyl (C=O) groups excluding carboxylic acids is 1. The Balaban J connectivity index is 1.38. The molecule has 1 N–H and O–H groups in total. The van der Waals surface area contributed by atoms with Crippen LogP contribution in [0.25, 0.3) is 16.8 Å². The smallest absolute Gasteiger partial charge is 0.408 e. The highest BCUT2D eigenvalue weighted by molar-refractivity contribution is 5.77.